The molecular weight excluding hydrogens is 276 g/mol. The molecule has 1 heterocycles. The molecule has 106 valence electrons. The number of benzene rings is 2. The van der Waals surface area contributed by atoms with E-state index in [4.69, 9.17) is 18.0 Å². The zero-order valence-corrected chi connectivity index (χ0v) is 12.7. The minimum Gasteiger partial charge on any atom is -0.393 e. The van der Waals surface area contributed by atoms with E-state index in [0.717, 1.165) is 13.0 Å². The van der Waals surface area contributed by atoms with E-state index in [1.807, 2.05) is 0 Å². The maximum Gasteiger partial charge on any atom is 0.0733 e. The zero-order chi connectivity index (χ0) is 14.4. The Morgan fingerprint density at radius 1 is 1.00 bits per heavy atom. The van der Waals surface area contributed by atoms with Gasteiger partial charge in [-0.15, -0.1) is 0 Å². The van der Waals surface area contributed by atoms with Crippen molar-refractivity contribution in [2.24, 2.45) is 11.1 Å². The molecule has 0 amide bonds. The summed E-state index contributed by atoms with van der Waals surface area (Å²) in [7, 11) is 0. The number of para-hydroxylation sites is 2. The largest absolute Gasteiger partial charge is 0.393 e. The Bertz CT molecular complexity index is 789. The second-order valence-corrected chi connectivity index (χ2v) is 6.79. The topological polar surface area (TPSA) is 30.9 Å². The fourth-order valence-electron chi connectivity index (χ4n) is 3.45. The van der Waals surface area contributed by atoms with Crippen LogP contribution in [-0.4, -0.2) is 9.56 Å². The predicted octanol–water partition coefficient (Wildman–Crippen LogP) is 4.25. The van der Waals surface area contributed by atoms with E-state index in [0.29, 0.717) is 4.99 Å². The van der Waals surface area contributed by atoms with Gasteiger partial charge in [0.05, 0.1) is 4.99 Å². The summed E-state index contributed by atoms with van der Waals surface area (Å²) in [4.78, 5) is 0.647. The molecule has 3 aromatic rings. The van der Waals surface area contributed by atoms with Crippen LogP contribution in [0, 0.1) is 5.41 Å². The maximum atomic E-state index is 5.79. The van der Waals surface area contributed by atoms with Gasteiger partial charge in [0.15, 0.2) is 0 Å². The van der Waals surface area contributed by atoms with E-state index in [1.165, 1.54) is 34.6 Å². The van der Waals surface area contributed by atoms with Gasteiger partial charge in [0, 0.05) is 34.8 Å². The van der Waals surface area contributed by atoms with Gasteiger partial charge in [0.1, 0.15) is 0 Å². The number of aromatic nitrogens is 1. The summed E-state index contributed by atoms with van der Waals surface area (Å²) < 4.78 is 2.45. The second kappa shape index (κ2) is 4.57. The summed E-state index contributed by atoms with van der Waals surface area (Å²) in [5.41, 5.74) is 8.71. The van der Waals surface area contributed by atoms with E-state index in [-0.39, 0.29) is 5.41 Å². The highest BCUT2D eigenvalue weighted by atomic mass is 32.1. The number of nitrogens with zero attached hydrogens (tertiary/aromatic N) is 1. The first kappa shape index (κ1) is 12.8. The van der Waals surface area contributed by atoms with Gasteiger partial charge in [-0.25, -0.2) is 0 Å². The van der Waals surface area contributed by atoms with Crippen LogP contribution in [0.3, 0.4) is 0 Å². The Morgan fingerprint density at radius 3 is 2.00 bits per heavy atom. The molecule has 0 radical (unpaired) electrons. The Labute approximate surface area is 129 Å². The van der Waals surface area contributed by atoms with Crippen molar-refractivity contribution < 1.29 is 0 Å². The van der Waals surface area contributed by atoms with Crippen LogP contribution in [0.25, 0.3) is 21.8 Å². The SMILES string of the molecule is NC(=S)CC1(Cn2c3ccccc3c3ccccc32)CC1. The minimum absolute atomic E-state index is 0.288. The van der Waals surface area contributed by atoms with Crippen molar-refractivity contribution in [3.63, 3.8) is 0 Å². The first-order valence-electron chi connectivity index (χ1n) is 7.43. The molecule has 1 aliphatic rings. The van der Waals surface area contributed by atoms with E-state index >= 15 is 0 Å². The van der Waals surface area contributed by atoms with Crippen LogP contribution in [-0.2, 0) is 6.54 Å². The van der Waals surface area contributed by atoms with Crippen molar-refractivity contribution in [2.45, 2.75) is 25.8 Å². The third-order valence-electron chi connectivity index (χ3n) is 4.68. The summed E-state index contributed by atoms with van der Waals surface area (Å²) in [6.45, 7) is 1.01. The van der Waals surface area contributed by atoms with Crippen LogP contribution in [0.2, 0.25) is 0 Å². The van der Waals surface area contributed by atoms with Gasteiger partial charge < -0.3 is 10.3 Å². The summed E-state index contributed by atoms with van der Waals surface area (Å²) in [6, 6.07) is 17.3. The molecule has 3 heteroatoms. The monoisotopic (exact) mass is 294 g/mol. The molecule has 0 saturated heterocycles. The van der Waals surface area contributed by atoms with Crippen LogP contribution in [0.15, 0.2) is 48.5 Å². The van der Waals surface area contributed by atoms with Crippen LogP contribution in [0.1, 0.15) is 19.3 Å². The van der Waals surface area contributed by atoms with Gasteiger partial charge in [0.25, 0.3) is 0 Å². The van der Waals surface area contributed by atoms with Crippen molar-refractivity contribution in [3.8, 4) is 0 Å². The Kier molecular flexibility index (Phi) is 2.79. The molecule has 21 heavy (non-hydrogen) atoms. The van der Waals surface area contributed by atoms with Crippen molar-refractivity contribution in [1.29, 1.82) is 0 Å². The number of fused-ring (bicyclic) bond motifs is 3. The average molecular weight is 294 g/mol. The van der Waals surface area contributed by atoms with Crippen LogP contribution < -0.4 is 5.73 Å². The number of nitrogens with two attached hydrogens (primary N) is 1. The molecule has 0 unspecified atom stereocenters. The van der Waals surface area contributed by atoms with E-state index in [9.17, 15) is 0 Å². The molecule has 0 bridgehead atoms. The number of hydrogen-bond acceptors (Lipinski definition) is 1. The molecule has 1 fully saturated rings. The molecule has 0 atom stereocenters. The molecule has 0 aliphatic heterocycles. The van der Waals surface area contributed by atoms with E-state index in [2.05, 4.69) is 53.1 Å². The second-order valence-electron chi connectivity index (χ2n) is 6.26. The lowest BCUT2D eigenvalue weighted by Crippen LogP contribution is -2.19. The van der Waals surface area contributed by atoms with Crippen LogP contribution in [0.5, 0.6) is 0 Å². The predicted molar refractivity (Wildman–Crippen MR) is 92.5 cm³/mol. The molecule has 2 aromatic carbocycles. The van der Waals surface area contributed by atoms with Gasteiger partial charge in [-0.2, -0.15) is 0 Å². The third-order valence-corrected chi connectivity index (χ3v) is 4.82. The number of rotatable bonds is 4. The highest BCUT2D eigenvalue weighted by molar-refractivity contribution is 7.80. The van der Waals surface area contributed by atoms with Gasteiger partial charge >= 0.3 is 0 Å². The normalized spacial score (nSPS) is 16.4. The highest BCUT2D eigenvalue weighted by Crippen LogP contribution is 2.51. The van der Waals surface area contributed by atoms with Crippen molar-refractivity contribution in [1.82, 2.24) is 4.57 Å². The summed E-state index contributed by atoms with van der Waals surface area (Å²) in [5.74, 6) is 0. The molecule has 2 nitrogen and oxygen atoms in total. The van der Waals surface area contributed by atoms with E-state index in [1.54, 1.807) is 0 Å². The van der Waals surface area contributed by atoms with Gasteiger partial charge in [-0.1, -0.05) is 48.6 Å². The fraction of sp³-hybridized carbons (Fsp3) is 0.278. The van der Waals surface area contributed by atoms with Crippen LogP contribution >= 0.6 is 12.2 Å². The molecular formula is C18H18N2S. The third kappa shape index (κ3) is 2.12. The van der Waals surface area contributed by atoms with Crippen molar-refractivity contribution >= 4 is 39.0 Å². The first-order valence-corrected chi connectivity index (χ1v) is 7.84. The average Bonchev–Trinajstić information content (AvgIpc) is 3.16. The van der Waals surface area contributed by atoms with Crippen LogP contribution in [0.4, 0.5) is 0 Å². The standard InChI is InChI=1S/C18H18N2S/c19-17(21)11-18(9-10-18)12-20-15-7-3-1-5-13(15)14-6-2-4-8-16(14)20/h1-8H,9-12H2,(H2,19,21). The summed E-state index contributed by atoms with van der Waals surface area (Å²) in [5, 5.41) is 2.67. The Hall–Kier alpha value is -1.87. The lowest BCUT2D eigenvalue weighted by molar-refractivity contribution is 0.454. The number of thiocarbonyl (C=S) groups is 1. The Morgan fingerprint density at radius 2 is 1.52 bits per heavy atom. The first-order chi connectivity index (χ1) is 10.2. The maximum absolute atomic E-state index is 5.79. The molecule has 2 N–H and O–H groups in total. The number of hydrogen-bond donors (Lipinski definition) is 1. The molecule has 0 spiro atoms. The van der Waals surface area contributed by atoms with E-state index < -0.39 is 0 Å². The summed E-state index contributed by atoms with van der Waals surface area (Å²) in [6.07, 6.45) is 3.32. The lowest BCUT2D eigenvalue weighted by atomic mass is 10.0. The minimum atomic E-state index is 0.288. The quantitative estimate of drug-likeness (QED) is 0.729. The smallest absolute Gasteiger partial charge is 0.0733 e. The van der Waals surface area contributed by atoms with Crippen molar-refractivity contribution in [2.75, 3.05) is 0 Å². The Balaban J connectivity index is 1.88. The van der Waals surface area contributed by atoms with Gasteiger partial charge in [-0.05, 0) is 30.4 Å². The molecule has 1 aromatic heterocycles. The fourth-order valence-corrected chi connectivity index (χ4v) is 3.75. The summed E-state index contributed by atoms with van der Waals surface area (Å²) >= 11 is 5.14. The lowest BCUT2D eigenvalue weighted by Gasteiger charge is -2.17. The molecule has 4 rings (SSSR count). The highest BCUT2D eigenvalue weighted by Gasteiger charge is 2.43. The zero-order valence-electron chi connectivity index (χ0n) is 11.9. The molecule has 1 saturated carbocycles. The van der Waals surface area contributed by atoms with Gasteiger partial charge in [0.2, 0.25) is 0 Å². The van der Waals surface area contributed by atoms with Gasteiger partial charge in [-0.3, -0.25) is 0 Å². The van der Waals surface area contributed by atoms with Crippen molar-refractivity contribution in [3.05, 3.63) is 48.5 Å². The molecule has 1 aliphatic carbocycles.